The van der Waals surface area contributed by atoms with Gasteiger partial charge in [-0.3, -0.25) is 10.1 Å². The Morgan fingerprint density at radius 1 is 1.08 bits per heavy atom. The zero-order valence-electron chi connectivity index (χ0n) is 21.4. The molecule has 1 amide bonds. The van der Waals surface area contributed by atoms with Crippen molar-refractivity contribution in [2.75, 3.05) is 11.9 Å². The van der Waals surface area contributed by atoms with E-state index in [0.29, 0.717) is 16.6 Å². The predicted molar refractivity (Wildman–Crippen MR) is 155 cm³/mol. The number of halogens is 1. The number of hydrogen-bond acceptors (Lipinski definition) is 6. The fourth-order valence-electron chi connectivity index (χ4n) is 4.71. The van der Waals surface area contributed by atoms with Crippen LogP contribution in [0.25, 0.3) is 21.6 Å². The van der Waals surface area contributed by atoms with E-state index in [1.54, 1.807) is 17.4 Å². The number of esters is 1. The Kier molecular flexibility index (Phi) is 7.61. The molecule has 1 N–H and O–H groups in total. The lowest BCUT2D eigenvalue weighted by atomic mass is 9.92. The summed E-state index contributed by atoms with van der Waals surface area (Å²) in [5.41, 5.74) is 6.12. The molecule has 196 valence electrons. The predicted octanol–water partition coefficient (Wildman–Crippen LogP) is 9.01. The normalized spacial score (nSPS) is 14.5. The average molecular weight is 566 g/mol. The quantitative estimate of drug-likeness (QED) is 0.216. The lowest BCUT2D eigenvalue weighted by molar-refractivity contribution is -0.146. The molecule has 5 nitrogen and oxygen atoms in total. The van der Waals surface area contributed by atoms with Crippen LogP contribution < -0.4 is 5.32 Å². The molecule has 38 heavy (non-hydrogen) atoms. The molecule has 5 rings (SSSR count). The van der Waals surface area contributed by atoms with Gasteiger partial charge in [-0.2, -0.15) is 11.3 Å². The molecule has 0 saturated heterocycles. The van der Waals surface area contributed by atoms with Gasteiger partial charge in [0, 0.05) is 11.1 Å². The number of ether oxygens (including phenoxy) is 2. The molecule has 0 bridgehead atoms. The lowest BCUT2D eigenvalue weighted by Crippen LogP contribution is -2.23. The summed E-state index contributed by atoms with van der Waals surface area (Å²) in [5, 5.41) is 6.94. The van der Waals surface area contributed by atoms with Crippen molar-refractivity contribution in [2.24, 2.45) is 0 Å². The summed E-state index contributed by atoms with van der Waals surface area (Å²) in [6, 6.07) is 17.9. The van der Waals surface area contributed by atoms with Gasteiger partial charge in [-0.1, -0.05) is 60.1 Å². The van der Waals surface area contributed by atoms with Crippen molar-refractivity contribution in [2.45, 2.75) is 45.1 Å². The van der Waals surface area contributed by atoms with Crippen LogP contribution in [0.1, 0.15) is 49.5 Å². The van der Waals surface area contributed by atoms with Gasteiger partial charge in [-0.05, 0) is 72.7 Å². The second-order valence-corrected chi connectivity index (χ2v) is 11.8. The number of nitrogens with one attached hydrogen (secondary N) is 1. The van der Waals surface area contributed by atoms with E-state index >= 15 is 0 Å². The molecule has 8 heteroatoms. The van der Waals surface area contributed by atoms with Crippen molar-refractivity contribution in [3.05, 3.63) is 86.4 Å². The molecule has 2 aromatic heterocycles. The molecule has 0 aliphatic heterocycles. The summed E-state index contributed by atoms with van der Waals surface area (Å²) in [7, 11) is 0. The molecule has 1 aliphatic rings. The van der Waals surface area contributed by atoms with Crippen LogP contribution in [-0.2, 0) is 19.7 Å². The minimum Gasteiger partial charge on any atom is -0.465 e. The van der Waals surface area contributed by atoms with Gasteiger partial charge in [0.1, 0.15) is 6.10 Å². The maximum absolute atomic E-state index is 12.8. The summed E-state index contributed by atoms with van der Waals surface area (Å²) in [6.07, 6.45) is 0.722. The van der Waals surface area contributed by atoms with Gasteiger partial charge in [0.25, 0.3) is 0 Å². The third kappa shape index (κ3) is 5.23. The van der Waals surface area contributed by atoms with E-state index in [4.69, 9.17) is 21.1 Å². The Morgan fingerprint density at radius 3 is 2.42 bits per heavy atom. The summed E-state index contributed by atoms with van der Waals surface area (Å²) in [4.78, 5) is 26.2. The zero-order chi connectivity index (χ0) is 26.9. The monoisotopic (exact) mass is 565 g/mol. The van der Waals surface area contributed by atoms with E-state index < -0.39 is 11.5 Å². The van der Waals surface area contributed by atoms with Crippen LogP contribution in [0.15, 0.2) is 65.4 Å². The summed E-state index contributed by atoms with van der Waals surface area (Å²) >= 11 is 9.41. The zero-order valence-corrected chi connectivity index (χ0v) is 23.8. The first kappa shape index (κ1) is 26.5. The molecular formula is C30H28ClNO4S2. The Bertz CT molecular complexity index is 1470. The summed E-state index contributed by atoms with van der Waals surface area (Å²) in [5.74, 6) is -0.146. The number of anilines is 1. The Hall–Kier alpha value is -3.13. The van der Waals surface area contributed by atoms with Crippen molar-refractivity contribution in [3.63, 3.8) is 0 Å². The second kappa shape index (κ2) is 10.9. The molecule has 1 atom stereocenters. The molecule has 1 saturated carbocycles. The van der Waals surface area contributed by atoms with Gasteiger partial charge < -0.3 is 9.47 Å². The average Bonchev–Trinajstić information content (AvgIpc) is 3.48. The fourth-order valence-corrected chi connectivity index (χ4v) is 6.86. The molecule has 1 unspecified atom stereocenters. The van der Waals surface area contributed by atoms with Gasteiger partial charge in [0.2, 0.25) is 0 Å². The number of benzene rings is 2. The van der Waals surface area contributed by atoms with Crippen LogP contribution in [-0.4, -0.2) is 18.7 Å². The highest BCUT2D eigenvalue weighted by Crippen LogP contribution is 2.50. The van der Waals surface area contributed by atoms with Crippen molar-refractivity contribution in [3.8, 4) is 21.6 Å². The van der Waals surface area contributed by atoms with E-state index in [-0.39, 0.29) is 12.1 Å². The SMILES string of the molecule is CCOC(=O)C1(c2ccc(-c3ccccc3-c3sc(Cl)cc3NC(=O)OC(C)c3cscc3C)cc2)CC1. The van der Waals surface area contributed by atoms with Gasteiger partial charge in [0.05, 0.1) is 26.9 Å². The highest BCUT2D eigenvalue weighted by Gasteiger charge is 2.52. The van der Waals surface area contributed by atoms with Crippen molar-refractivity contribution >= 4 is 52.0 Å². The molecule has 4 aromatic rings. The molecular weight excluding hydrogens is 538 g/mol. The van der Waals surface area contributed by atoms with E-state index in [9.17, 15) is 9.59 Å². The first-order valence-corrected chi connectivity index (χ1v) is 14.6. The standard InChI is InChI=1S/C30H28ClNO4S2/c1-4-35-28(33)30(13-14-30)21-11-9-20(10-12-21)22-7-5-6-8-23(22)27-25(15-26(31)38-27)32-29(34)36-19(3)24-17-37-16-18(24)2/h5-12,15-17,19H,4,13-14H2,1-3H3,(H,32,34). The number of carbonyl (C=O) groups excluding carboxylic acids is 2. The number of hydrogen-bond donors (Lipinski definition) is 1. The largest absolute Gasteiger partial charge is 0.465 e. The van der Waals surface area contributed by atoms with E-state index in [1.165, 1.54) is 11.3 Å². The van der Waals surface area contributed by atoms with Crippen molar-refractivity contribution in [1.82, 2.24) is 0 Å². The van der Waals surface area contributed by atoms with Crippen LogP contribution in [0.3, 0.4) is 0 Å². The van der Waals surface area contributed by atoms with Crippen LogP contribution >= 0.6 is 34.3 Å². The van der Waals surface area contributed by atoms with E-state index in [2.05, 4.69) is 5.32 Å². The highest BCUT2D eigenvalue weighted by atomic mass is 35.5. The minimum absolute atomic E-state index is 0.146. The number of aryl methyl sites for hydroxylation is 1. The molecule has 2 heterocycles. The lowest BCUT2D eigenvalue weighted by Gasteiger charge is -2.16. The first-order chi connectivity index (χ1) is 18.3. The van der Waals surface area contributed by atoms with Gasteiger partial charge in [-0.15, -0.1) is 11.3 Å². The summed E-state index contributed by atoms with van der Waals surface area (Å²) in [6.45, 7) is 6.08. The Morgan fingerprint density at radius 2 is 1.79 bits per heavy atom. The van der Waals surface area contributed by atoms with Crippen LogP contribution in [0.5, 0.6) is 0 Å². The van der Waals surface area contributed by atoms with Gasteiger partial charge in [0.15, 0.2) is 0 Å². The summed E-state index contributed by atoms with van der Waals surface area (Å²) < 4.78 is 11.5. The molecule has 1 aliphatic carbocycles. The van der Waals surface area contributed by atoms with Crippen LogP contribution in [0.4, 0.5) is 10.5 Å². The number of amides is 1. The van der Waals surface area contributed by atoms with Crippen molar-refractivity contribution < 1.29 is 19.1 Å². The third-order valence-corrected chi connectivity index (χ3v) is 9.07. The molecule has 1 fully saturated rings. The minimum atomic E-state index is -0.533. The Labute approximate surface area is 235 Å². The molecule has 0 spiro atoms. The molecule has 0 radical (unpaired) electrons. The molecule has 2 aromatic carbocycles. The van der Waals surface area contributed by atoms with Gasteiger partial charge in [-0.25, -0.2) is 4.79 Å². The van der Waals surface area contributed by atoms with E-state index in [0.717, 1.165) is 51.1 Å². The maximum atomic E-state index is 12.8. The number of thiophene rings is 2. The third-order valence-electron chi connectivity index (χ3n) is 6.89. The van der Waals surface area contributed by atoms with Crippen LogP contribution in [0.2, 0.25) is 4.34 Å². The number of rotatable bonds is 8. The van der Waals surface area contributed by atoms with E-state index in [1.807, 2.05) is 80.1 Å². The highest BCUT2D eigenvalue weighted by molar-refractivity contribution is 7.20. The van der Waals surface area contributed by atoms with Crippen LogP contribution in [0, 0.1) is 6.92 Å². The Balaban J connectivity index is 1.40. The smallest absolute Gasteiger partial charge is 0.412 e. The number of carbonyl (C=O) groups is 2. The van der Waals surface area contributed by atoms with Crippen molar-refractivity contribution in [1.29, 1.82) is 0 Å². The maximum Gasteiger partial charge on any atom is 0.412 e. The fraction of sp³-hybridized carbons (Fsp3) is 0.267. The topological polar surface area (TPSA) is 64.6 Å². The van der Waals surface area contributed by atoms with Gasteiger partial charge >= 0.3 is 12.1 Å². The first-order valence-electron chi connectivity index (χ1n) is 12.5. The second-order valence-electron chi connectivity index (χ2n) is 9.40.